The number of hydrogen-bond donors (Lipinski definition) is 3. The molecular formula is C10H21ClN2O3. The zero-order valence-electron chi connectivity index (χ0n) is 9.73. The number of nitrogens with two attached hydrogens (primary N) is 1. The Labute approximate surface area is 102 Å². The molecule has 0 fully saturated rings. The summed E-state index contributed by atoms with van der Waals surface area (Å²) in [6.45, 7) is 4.26. The highest BCUT2D eigenvalue weighted by Gasteiger charge is 2.10. The van der Waals surface area contributed by atoms with Crippen LogP contribution in [0.15, 0.2) is 0 Å². The maximum absolute atomic E-state index is 11.2. The molecule has 0 radical (unpaired) electrons. The van der Waals surface area contributed by atoms with Gasteiger partial charge in [0.05, 0.1) is 6.42 Å². The molecule has 0 aliphatic carbocycles. The van der Waals surface area contributed by atoms with Gasteiger partial charge in [0.1, 0.15) is 0 Å². The monoisotopic (exact) mass is 252 g/mol. The van der Waals surface area contributed by atoms with Crippen molar-refractivity contribution in [3.63, 3.8) is 0 Å². The fourth-order valence-electron chi connectivity index (χ4n) is 1.31. The quantitative estimate of drug-likeness (QED) is 0.624. The SMILES string of the molecule is CC(C)C[C@H](N)CC(=O)NCCC(=O)O.Cl. The number of nitrogens with one attached hydrogen (secondary N) is 1. The van der Waals surface area contributed by atoms with Crippen LogP contribution in [0.2, 0.25) is 0 Å². The Morgan fingerprint density at radius 1 is 1.38 bits per heavy atom. The average Bonchev–Trinajstić information content (AvgIpc) is 2.00. The number of hydrogen-bond acceptors (Lipinski definition) is 3. The molecule has 0 aliphatic rings. The Morgan fingerprint density at radius 3 is 2.38 bits per heavy atom. The summed E-state index contributed by atoms with van der Waals surface area (Å²) in [6, 6.07) is -0.144. The minimum absolute atomic E-state index is 0. The lowest BCUT2D eigenvalue weighted by molar-refractivity contribution is -0.136. The zero-order valence-corrected chi connectivity index (χ0v) is 10.5. The number of rotatable bonds is 7. The van der Waals surface area contributed by atoms with Gasteiger partial charge in [0.15, 0.2) is 0 Å². The van der Waals surface area contributed by atoms with E-state index in [9.17, 15) is 9.59 Å². The molecule has 16 heavy (non-hydrogen) atoms. The summed E-state index contributed by atoms with van der Waals surface area (Å²) in [6.07, 6.45) is 1.01. The smallest absolute Gasteiger partial charge is 0.305 e. The van der Waals surface area contributed by atoms with Crippen LogP contribution in [0.5, 0.6) is 0 Å². The van der Waals surface area contributed by atoms with E-state index < -0.39 is 5.97 Å². The third-order valence-corrected chi connectivity index (χ3v) is 1.88. The van der Waals surface area contributed by atoms with Crippen molar-refractivity contribution in [1.29, 1.82) is 0 Å². The molecule has 0 aromatic rings. The summed E-state index contributed by atoms with van der Waals surface area (Å²) in [5.41, 5.74) is 5.73. The lowest BCUT2D eigenvalue weighted by Crippen LogP contribution is -2.33. The van der Waals surface area contributed by atoms with Crippen LogP contribution in [0.3, 0.4) is 0 Å². The normalized spacial score (nSPS) is 11.8. The minimum atomic E-state index is -0.915. The molecular weight excluding hydrogens is 232 g/mol. The van der Waals surface area contributed by atoms with Crippen molar-refractivity contribution in [2.24, 2.45) is 11.7 Å². The first-order chi connectivity index (χ1) is 6.91. The van der Waals surface area contributed by atoms with Gasteiger partial charge >= 0.3 is 5.97 Å². The van der Waals surface area contributed by atoms with E-state index in [1.165, 1.54) is 0 Å². The van der Waals surface area contributed by atoms with Crippen molar-refractivity contribution in [1.82, 2.24) is 5.32 Å². The molecule has 0 saturated carbocycles. The van der Waals surface area contributed by atoms with Gasteiger partial charge in [-0.2, -0.15) is 0 Å². The van der Waals surface area contributed by atoms with Crippen molar-refractivity contribution in [3.05, 3.63) is 0 Å². The second-order valence-electron chi connectivity index (χ2n) is 4.09. The first kappa shape index (κ1) is 17.6. The van der Waals surface area contributed by atoms with Crippen LogP contribution in [-0.2, 0) is 9.59 Å². The van der Waals surface area contributed by atoms with E-state index in [4.69, 9.17) is 10.8 Å². The van der Waals surface area contributed by atoms with Gasteiger partial charge < -0.3 is 16.2 Å². The number of amides is 1. The second-order valence-corrected chi connectivity index (χ2v) is 4.09. The zero-order chi connectivity index (χ0) is 11.8. The standard InChI is InChI=1S/C10H20N2O3.ClH/c1-7(2)5-8(11)6-9(13)12-4-3-10(14)15;/h7-8H,3-6,11H2,1-2H3,(H,12,13)(H,14,15);1H/t8-;/m0./s1. The third kappa shape index (κ3) is 11.3. The third-order valence-electron chi connectivity index (χ3n) is 1.88. The van der Waals surface area contributed by atoms with Crippen LogP contribution in [0.4, 0.5) is 0 Å². The number of aliphatic carboxylic acids is 1. The largest absolute Gasteiger partial charge is 0.481 e. The fourth-order valence-corrected chi connectivity index (χ4v) is 1.31. The van der Waals surface area contributed by atoms with Gasteiger partial charge in [-0.15, -0.1) is 12.4 Å². The number of carbonyl (C=O) groups is 2. The van der Waals surface area contributed by atoms with E-state index in [-0.39, 0.29) is 43.7 Å². The van der Waals surface area contributed by atoms with Crippen molar-refractivity contribution >= 4 is 24.3 Å². The second kappa shape index (κ2) is 9.42. The first-order valence-electron chi connectivity index (χ1n) is 5.16. The summed E-state index contributed by atoms with van der Waals surface area (Å²) < 4.78 is 0. The van der Waals surface area contributed by atoms with Crippen LogP contribution in [0.25, 0.3) is 0 Å². The topological polar surface area (TPSA) is 92.4 Å². The minimum Gasteiger partial charge on any atom is -0.481 e. The molecule has 4 N–H and O–H groups in total. The molecule has 6 heteroatoms. The van der Waals surface area contributed by atoms with Crippen LogP contribution in [0, 0.1) is 5.92 Å². The summed E-state index contributed by atoms with van der Waals surface area (Å²) in [5, 5.41) is 10.9. The van der Waals surface area contributed by atoms with Gasteiger partial charge in [0.2, 0.25) is 5.91 Å². The Morgan fingerprint density at radius 2 is 1.94 bits per heavy atom. The molecule has 0 bridgehead atoms. The highest BCUT2D eigenvalue weighted by Crippen LogP contribution is 2.05. The average molecular weight is 253 g/mol. The predicted octanol–water partition coefficient (Wildman–Crippen LogP) is 0.763. The Kier molecular flexibility index (Phi) is 10.3. The van der Waals surface area contributed by atoms with E-state index in [2.05, 4.69) is 5.32 Å². The Hall–Kier alpha value is -0.810. The molecule has 1 amide bonds. The number of halogens is 1. The molecule has 0 aromatic heterocycles. The lowest BCUT2D eigenvalue weighted by atomic mass is 10.0. The summed E-state index contributed by atoms with van der Waals surface area (Å²) in [7, 11) is 0. The van der Waals surface area contributed by atoms with E-state index in [0.29, 0.717) is 5.92 Å². The number of carbonyl (C=O) groups excluding carboxylic acids is 1. The molecule has 0 heterocycles. The predicted molar refractivity (Wildman–Crippen MR) is 64.6 cm³/mol. The molecule has 0 unspecified atom stereocenters. The maximum Gasteiger partial charge on any atom is 0.305 e. The van der Waals surface area contributed by atoms with Crippen LogP contribution in [0.1, 0.15) is 33.1 Å². The van der Waals surface area contributed by atoms with Crippen LogP contribution < -0.4 is 11.1 Å². The number of carboxylic acids is 1. The van der Waals surface area contributed by atoms with Gasteiger partial charge in [-0.25, -0.2) is 0 Å². The van der Waals surface area contributed by atoms with Gasteiger partial charge in [0, 0.05) is 19.0 Å². The molecule has 5 nitrogen and oxygen atoms in total. The van der Waals surface area contributed by atoms with Gasteiger partial charge in [-0.05, 0) is 12.3 Å². The van der Waals surface area contributed by atoms with Crippen molar-refractivity contribution in [2.45, 2.75) is 39.2 Å². The molecule has 0 aromatic carbocycles. The summed E-state index contributed by atoms with van der Waals surface area (Å²) in [5.74, 6) is -0.627. The Bertz CT molecular complexity index is 222. The fraction of sp³-hybridized carbons (Fsp3) is 0.800. The van der Waals surface area contributed by atoms with Crippen molar-refractivity contribution in [3.8, 4) is 0 Å². The van der Waals surface area contributed by atoms with Crippen molar-refractivity contribution < 1.29 is 14.7 Å². The lowest BCUT2D eigenvalue weighted by Gasteiger charge is -2.13. The molecule has 0 spiro atoms. The summed E-state index contributed by atoms with van der Waals surface area (Å²) in [4.78, 5) is 21.4. The summed E-state index contributed by atoms with van der Waals surface area (Å²) >= 11 is 0. The highest BCUT2D eigenvalue weighted by atomic mass is 35.5. The van der Waals surface area contributed by atoms with E-state index in [1.54, 1.807) is 0 Å². The molecule has 0 aliphatic heterocycles. The van der Waals surface area contributed by atoms with Gasteiger partial charge in [-0.3, -0.25) is 9.59 Å². The molecule has 96 valence electrons. The first-order valence-corrected chi connectivity index (χ1v) is 5.16. The van der Waals surface area contributed by atoms with E-state index in [1.807, 2.05) is 13.8 Å². The van der Waals surface area contributed by atoms with Crippen LogP contribution >= 0.6 is 12.4 Å². The van der Waals surface area contributed by atoms with E-state index in [0.717, 1.165) is 6.42 Å². The Balaban J connectivity index is 0. The molecule has 0 rings (SSSR count). The molecule has 0 saturated heterocycles. The van der Waals surface area contributed by atoms with Gasteiger partial charge in [-0.1, -0.05) is 13.8 Å². The van der Waals surface area contributed by atoms with E-state index >= 15 is 0 Å². The molecule has 1 atom stereocenters. The van der Waals surface area contributed by atoms with Gasteiger partial charge in [0.25, 0.3) is 0 Å². The van der Waals surface area contributed by atoms with Crippen molar-refractivity contribution in [2.75, 3.05) is 6.54 Å². The highest BCUT2D eigenvalue weighted by molar-refractivity contribution is 5.85. The number of carboxylic acid groups (broad SMARTS) is 1. The van der Waals surface area contributed by atoms with Crippen LogP contribution in [-0.4, -0.2) is 29.6 Å². The maximum atomic E-state index is 11.2.